The lowest BCUT2D eigenvalue weighted by Crippen LogP contribution is -2.57. The Labute approximate surface area is 147 Å². The summed E-state index contributed by atoms with van der Waals surface area (Å²) < 4.78 is 38.8. The monoisotopic (exact) mass is 367 g/mol. The van der Waals surface area contributed by atoms with E-state index in [0.717, 1.165) is 50.3 Å². The van der Waals surface area contributed by atoms with E-state index in [1.54, 1.807) is 0 Å². The zero-order valence-corrected chi connectivity index (χ0v) is 14.1. The molecule has 2 N–H and O–H groups in total. The van der Waals surface area contributed by atoms with Crippen molar-refractivity contribution < 1.29 is 18.3 Å². The molecule has 0 aliphatic heterocycles. The van der Waals surface area contributed by atoms with Crippen LogP contribution in [-0.4, -0.2) is 38.2 Å². The van der Waals surface area contributed by atoms with Crippen LogP contribution in [0, 0.1) is 0 Å². The molecule has 2 saturated carbocycles. The van der Waals surface area contributed by atoms with Crippen LogP contribution in [0.3, 0.4) is 0 Å². The van der Waals surface area contributed by atoms with Crippen LogP contribution in [0.4, 0.5) is 13.2 Å². The van der Waals surface area contributed by atoms with E-state index in [4.69, 9.17) is 0 Å². The lowest BCUT2D eigenvalue weighted by atomic mass is 9.75. The molecule has 0 spiro atoms. The Hall–Kier alpha value is -1.93. The number of benzene rings is 1. The Morgan fingerprint density at radius 1 is 1.31 bits per heavy atom. The van der Waals surface area contributed by atoms with E-state index in [1.807, 2.05) is 0 Å². The second-order valence-corrected chi connectivity index (χ2v) is 7.34. The van der Waals surface area contributed by atoms with Crippen molar-refractivity contribution in [3.63, 3.8) is 0 Å². The summed E-state index contributed by atoms with van der Waals surface area (Å²) >= 11 is 0. The lowest BCUT2D eigenvalue weighted by Gasteiger charge is -2.49. The zero-order chi connectivity index (χ0) is 18.5. The number of hydrogen-bond donors (Lipinski definition) is 2. The maximum Gasteiger partial charge on any atom is 0.416 e. The molecule has 140 valence electrons. The van der Waals surface area contributed by atoms with Gasteiger partial charge in [0.25, 0.3) is 5.56 Å². The van der Waals surface area contributed by atoms with Crippen molar-refractivity contribution in [1.29, 1.82) is 0 Å². The predicted molar refractivity (Wildman–Crippen MR) is 89.6 cm³/mol. The standard InChI is InChI=1S/C18H20F3N3O2/c19-18(20,21)11-2-5-13-14(8-11)22-15(23-16(13)26)9-24(12-3-4-12)17(10-25)6-1-7-17/h2,5,8,12,25H,1,3-4,6-7,9-10H2,(H,22,23,26). The molecule has 2 aromatic rings. The highest BCUT2D eigenvalue weighted by Crippen LogP contribution is 2.44. The average molecular weight is 367 g/mol. The molecule has 8 heteroatoms. The molecule has 2 fully saturated rings. The van der Waals surface area contributed by atoms with E-state index in [1.165, 1.54) is 0 Å². The van der Waals surface area contributed by atoms with Crippen LogP contribution >= 0.6 is 0 Å². The van der Waals surface area contributed by atoms with Crippen molar-refractivity contribution in [3.05, 3.63) is 39.9 Å². The number of halogens is 3. The summed E-state index contributed by atoms with van der Waals surface area (Å²) in [5.41, 5.74) is -1.51. The molecule has 26 heavy (non-hydrogen) atoms. The highest BCUT2D eigenvalue weighted by molar-refractivity contribution is 5.78. The predicted octanol–water partition coefficient (Wildman–Crippen LogP) is 2.82. The number of aliphatic hydroxyl groups excluding tert-OH is 1. The minimum Gasteiger partial charge on any atom is -0.394 e. The van der Waals surface area contributed by atoms with E-state index in [-0.39, 0.29) is 23.0 Å². The quantitative estimate of drug-likeness (QED) is 0.853. The van der Waals surface area contributed by atoms with Gasteiger partial charge in [-0.3, -0.25) is 9.69 Å². The molecule has 0 bridgehead atoms. The summed E-state index contributed by atoms with van der Waals surface area (Å²) in [6.07, 6.45) is 0.383. The van der Waals surface area contributed by atoms with Crippen LogP contribution in [0.25, 0.3) is 10.9 Å². The van der Waals surface area contributed by atoms with Crippen LogP contribution in [0.2, 0.25) is 0 Å². The first-order chi connectivity index (χ1) is 12.3. The maximum absolute atomic E-state index is 12.9. The van der Waals surface area contributed by atoms with Crippen molar-refractivity contribution in [2.24, 2.45) is 0 Å². The Morgan fingerprint density at radius 3 is 2.58 bits per heavy atom. The first-order valence-electron chi connectivity index (χ1n) is 8.80. The number of nitrogens with one attached hydrogen (secondary N) is 1. The number of hydrogen-bond acceptors (Lipinski definition) is 4. The SMILES string of the molecule is O=c1[nH]c(CN(C2CC2)C2(CO)CCC2)nc2cc(C(F)(F)F)ccc12. The van der Waals surface area contributed by atoms with Crippen molar-refractivity contribution in [2.45, 2.75) is 56.4 Å². The third-order valence-electron chi connectivity index (χ3n) is 5.58. The molecule has 1 aromatic carbocycles. The number of H-pyrrole nitrogens is 1. The van der Waals surface area contributed by atoms with Gasteiger partial charge in [-0.05, 0) is 50.3 Å². The lowest BCUT2D eigenvalue weighted by molar-refractivity contribution is -0.137. The molecule has 0 radical (unpaired) electrons. The Kier molecular flexibility index (Phi) is 4.07. The van der Waals surface area contributed by atoms with Gasteiger partial charge < -0.3 is 10.1 Å². The van der Waals surface area contributed by atoms with Gasteiger partial charge in [0.05, 0.1) is 29.6 Å². The molecule has 2 aliphatic rings. The number of aromatic amines is 1. The molecule has 0 unspecified atom stereocenters. The number of aliphatic hydroxyl groups is 1. The Balaban J connectivity index is 1.70. The number of aromatic nitrogens is 2. The van der Waals surface area contributed by atoms with Gasteiger partial charge in [0, 0.05) is 11.6 Å². The maximum atomic E-state index is 12.9. The first kappa shape index (κ1) is 17.5. The fourth-order valence-electron chi connectivity index (χ4n) is 3.79. The molecule has 4 rings (SSSR count). The fraction of sp³-hybridized carbons (Fsp3) is 0.556. The minimum absolute atomic E-state index is 0.0412. The third kappa shape index (κ3) is 3.01. The number of alkyl halides is 3. The van der Waals surface area contributed by atoms with E-state index < -0.39 is 17.3 Å². The Morgan fingerprint density at radius 2 is 2.04 bits per heavy atom. The van der Waals surface area contributed by atoms with Crippen molar-refractivity contribution in [3.8, 4) is 0 Å². The average Bonchev–Trinajstić information content (AvgIpc) is 3.37. The van der Waals surface area contributed by atoms with Crippen LogP contribution in [-0.2, 0) is 12.7 Å². The number of nitrogens with zero attached hydrogens (tertiary/aromatic N) is 2. The number of fused-ring (bicyclic) bond motifs is 1. The van der Waals surface area contributed by atoms with Gasteiger partial charge in [0.1, 0.15) is 5.82 Å². The highest BCUT2D eigenvalue weighted by Gasteiger charge is 2.47. The summed E-state index contributed by atoms with van der Waals surface area (Å²) in [7, 11) is 0. The zero-order valence-electron chi connectivity index (χ0n) is 14.1. The minimum atomic E-state index is -4.48. The van der Waals surface area contributed by atoms with Gasteiger partial charge in [-0.25, -0.2) is 4.98 Å². The van der Waals surface area contributed by atoms with Crippen LogP contribution in [0.5, 0.6) is 0 Å². The van der Waals surface area contributed by atoms with Crippen molar-refractivity contribution >= 4 is 10.9 Å². The van der Waals surface area contributed by atoms with Gasteiger partial charge in [-0.15, -0.1) is 0 Å². The summed E-state index contributed by atoms with van der Waals surface area (Å²) in [6, 6.07) is 3.31. The second kappa shape index (κ2) is 6.06. The van der Waals surface area contributed by atoms with Crippen LogP contribution < -0.4 is 5.56 Å². The van der Waals surface area contributed by atoms with Crippen LogP contribution in [0.15, 0.2) is 23.0 Å². The topological polar surface area (TPSA) is 69.2 Å². The summed E-state index contributed by atoms with van der Waals surface area (Å²) in [5.74, 6) is 0.341. The molecule has 0 atom stereocenters. The number of rotatable bonds is 5. The van der Waals surface area contributed by atoms with E-state index in [9.17, 15) is 23.1 Å². The van der Waals surface area contributed by atoms with E-state index >= 15 is 0 Å². The molecule has 2 aliphatic carbocycles. The summed E-state index contributed by atoms with van der Waals surface area (Å²) in [6.45, 7) is 0.367. The molecule has 1 heterocycles. The largest absolute Gasteiger partial charge is 0.416 e. The van der Waals surface area contributed by atoms with E-state index in [0.29, 0.717) is 18.4 Å². The van der Waals surface area contributed by atoms with Crippen LogP contribution in [0.1, 0.15) is 43.5 Å². The molecule has 1 aromatic heterocycles. The molecule has 0 amide bonds. The van der Waals surface area contributed by atoms with E-state index in [2.05, 4.69) is 14.9 Å². The van der Waals surface area contributed by atoms with Crippen molar-refractivity contribution in [1.82, 2.24) is 14.9 Å². The van der Waals surface area contributed by atoms with Crippen molar-refractivity contribution in [2.75, 3.05) is 6.61 Å². The van der Waals surface area contributed by atoms with Gasteiger partial charge >= 0.3 is 6.18 Å². The molecule has 0 saturated heterocycles. The first-order valence-corrected chi connectivity index (χ1v) is 8.80. The van der Waals surface area contributed by atoms with Gasteiger partial charge in [-0.2, -0.15) is 13.2 Å². The molecular weight excluding hydrogens is 347 g/mol. The second-order valence-electron chi connectivity index (χ2n) is 7.34. The third-order valence-corrected chi connectivity index (χ3v) is 5.58. The Bertz CT molecular complexity index is 880. The normalized spacial score (nSPS) is 19.7. The highest BCUT2D eigenvalue weighted by atomic mass is 19.4. The summed E-state index contributed by atoms with van der Waals surface area (Å²) in [5, 5.41) is 9.99. The summed E-state index contributed by atoms with van der Waals surface area (Å²) in [4.78, 5) is 21.4. The molecule has 5 nitrogen and oxygen atoms in total. The molecular formula is C18H20F3N3O2. The van der Waals surface area contributed by atoms with Gasteiger partial charge in [0.2, 0.25) is 0 Å². The van der Waals surface area contributed by atoms with Gasteiger partial charge in [0.15, 0.2) is 0 Å². The van der Waals surface area contributed by atoms with Gasteiger partial charge in [-0.1, -0.05) is 0 Å². The smallest absolute Gasteiger partial charge is 0.394 e. The fourth-order valence-corrected chi connectivity index (χ4v) is 3.79.